The highest BCUT2D eigenvalue weighted by molar-refractivity contribution is 7.89. The number of nitrogens with zero attached hydrogens (tertiary/aromatic N) is 1. The van der Waals surface area contributed by atoms with E-state index in [1.807, 2.05) is 0 Å². The monoisotopic (exact) mass is 357 g/mol. The Morgan fingerprint density at radius 2 is 2.17 bits per heavy atom. The molecule has 3 rings (SSSR count). The molecule has 132 valence electrons. The molecule has 1 aromatic carbocycles. The van der Waals surface area contributed by atoms with Gasteiger partial charge in [-0.3, -0.25) is 0 Å². The number of aliphatic hydroxyl groups is 1. The number of sulfonamides is 1. The number of hydrogen-bond donors (Lipinski definition) is 3. The molecule has 0 aromatic heterocycles. The van der Waals surface area contributed by atoms with Crippen molar-refractivity contribution in [1.82, 2.24) is 4.31 Å². The summed E-state index contributed by atoms with van der Waals surface area (Å²) >= 11 is 0. The number of carbonyl (C=O) groups is 1. The second-order valence-corrected chi connectivity index (χ2v) is 8.26. The molecular formula is C15H19NO7S. The van der Waals surface area contributed by atoms with Gasteiger partial charge in [0.1, 0.15) is 11.3 Å². The van der Waals surface area contributed by atoms with Crippen molar-refractivity contribution in [3.05, 3.63) is 23.8 Å². The van der Waals surface area contributed by atoms with Crippen molar-refractivity contribution in [2.45, 2.75) is 11.3 Å². The van der Waals surface area contributed by atoms with Crippen molar-refractivity contribution in [3.63, 3.8) is 0 Å². The fourth-order valence-electron chi connectivity index (χ4n) is 3.44. The first kappa shape index (κ1) is 17.2. The number of hydrogen-bond acceptors (Lipinski definition) is 6. The van der Waals surface area contributed by atoms with Crippen LogP contribution in [0.2, 0.25) is 0 Å². The van der Waals surface area contributed by atoms with Gasteiger partial charge in [-0.05, 0) is 24.6 Å². The second kappa shape index (κ2) is 5.99. The van der Waals surface area contributed by atoms with E-state index in [2.05, 4.69) is 0 Å². The lowest BCUT2D eigenvalue weighted by atomic mass is 9.75. The molecule has 0 unspecified atom stereocenters. The zero-order chi connectivity index (χ0) is 17.5. The summed E-state index contributed by atoms with van der Waals surface area (Å²) in [5.74, 6) is -1.99. The zero-order valence-electron chi connectivity index (χ0n) is 12.9. The quantitative estimate of drug-likeness (QED) is 0.698. The van der Waals surface area contributed by atoms with Crippen LogP contribution in [-0.4, -0.2) is 66.9 Å². The fraction of sp³-hybridized carbons (Fsp3) is 0.533. The number of benzene rings is 1. The number of aliphatic hydroxyl groups excluding tert-OH is 1. The van der Waals surface area contributed by atoms with Gasteiger partial charge in [0, 0.05) is 31.0 Å². The Balaban J connectivity index is 1.94. The van der Waals surface area contributed by atoms with Gasteiger partial charge in [0.15, 0.2) is 0 Å². The SMILES string of the molecule is O=C(O)c1cc(S(=O)(=O)N2C[C@@H]3COCC[C@]3(CO)C2)ccc1O. The topological polar surface area (TPSA) is 124 Å². The Kier molecular flexibility index (Phi) is 4.28. The maximum absolute atomic E-state index is 12.9. The first-order chi connectivity index (χ1) is 11.3. The van der Waals surface area contributed by atoms with Gasteiger partial charge in [-0.1, -0.05) is 0 Å². The molecular weight excluding hydrogens is 338 g/mol. The minimum Gasteiger partial charge on any atom is -0.507 e. The van der Waals surface area contributed by atoms with E-state index in [0.29, 0.717) is 19.6 Å². The normalized spacial score (nSPS) is 27.8. The first-order valence-corrected chi connectivity index (χ1v) is 8.99. The van der Waals surface area contributed by atoms with E-state index in [1.54, 1.807) is 0 Å². The lowest BCUT2D eigenvalue weighted by molar-refractivity contribution is -0.0414. The highest BCUT2D eigenvalue weighted by Crippen LogP contribution is 2.43. The number of aromatic carboxylic acids is 1. The molecule has 24 heavy (non-hydrogen) atoms. The van der Waals surface area contributed by atoms with Crippen LogP contribution < -0.4 is 0 Å². The summed E-state index contributed by atoms with van der Waals surface area (Å²) in [4.78, 5) is 10.9. The van der Waals surface area contributed by atoms with Crippen LogP contribution >= 0.6 is 0 Å². The van der Waals surface area contributed by atoms with Crippen LogP contribution in [0.4, 0.5) is 0 Å². The largest absolute Gasteiger partial charge is 0.507 e. The predicted octanol–water partition coefficient (Wildman–Crippen LogP) is 0.110. The van der Waals surface area contributed by atoms with Crippen molar-refractivity contribution in [2.75, 3.05) is 32.9 Å². The van der Waals surface area contributed by atoms with Gasteiger partial charge < -0.3 is 20.1 Å². The number of phenols is 1. The molecule has 0 radical (unpaired) electrons. The van der Waals surface area contributed by atoms with Gasteiger partial charge in [-0.2, -0.15) is 4.31 Å². The Hall–Kier alpha value is -1.68. The van der Waals surface area contributed by atoms with Crippen LogP contribution in [0.5, 0.6) is 5.75 Å². The molecule has 2 fully saturated rings. The van der Waals surface area contributed by atoms with Gasteiger partial charge in [0.05, 0.1) is 18.1 Å². The van der Waals surface area contributed by atoms with Gasteiger partial charge in [0.2, 0.25) is 10.0 Å². The molecule has 3 N–H and O–H groups in total. The highest BCUT2D eigenvalue weighted by atomic mass is 32.2. The summed E-state index contributed by atoms with van der Waals surface area (Å²) in [6, 6.07) is 3.20. The summed E-state index contributed by atoms with van der Waals surface area (Å²) in [5, 5.41) is 28.4. The number of carboxylic acids is 1. The second-order valence-electron chi connectivity index (χ2n) is 6.32. The van der Waals surface area contributed by atoms with E-state index >= 15 is 0 Å². The number of ether oxygens (including phenoxy) is 1. The molecule has 0 amide bonds. The molecule has 2 atom stereocenters. The minimum absolute atomic E-state index is 0.0953. The number of carboxylic acid groups (broad SMARTS) is 1. The van der Waals surface area contributed by atoms with E-state index in [0.717, 1.165) is 12.1 Å². The Morgan fingerprint density at radius 1 is 1.42 bits per heavy atom. The highest BCUT2D eigenvalue weighted by Gasteiger charge is 2.51. The third-order valence-electron chi connectivity index (χ3n) is 5.00. The van der Waals surface area contributed by atoms with Crippen molar-refractivity contribution in [3.8, 4) is 5.75 Å². The lowest BCUT2D eigenvalue weighted by Gasteiger charge is -2.36. The summed E-state index contributed by atoms with van der Waals surface area (Å²) in [6.45, 7) is 1.13. The van der Waals surface area contributed by atoms with Gasteiger partial charge in [-0.15, -0.1) is 0 Å². The van der Waals surface area contributed by atoms with E-state index in [1.165, 1.54) is 10.4 Å². The van der Waals surface area contributed by atoms with Gasteiger partial charge in [-0.25, -0.2) is 13.2 Å². The number of aromatic hydroxyl groups is 1. The van der Waals surface area contributed by atoms with Crippen LogP contribution in [0.1, 0.15) is 16.8 Å². The van der Waals surface area contributed by atoms with Gasteiger partial charge >= 0.3 is 5.97 Å². The summed E-state index contributed by atoms with van der Waals surface area (Å²) in [6.07, 6.45) is 0.580. The van der Waals surface area contributed by atoms with Gasteiger partial charge in [0.25, 0.3) is 0 Å². The standard InChI is InChI=1S/C15H19NO7S/c17-9-15-3-4-23-7-10(15)6-16(8-15)24(21,22)11-1-2-13(18)12(5-11)14(19)20/h1-2,5,10,17-18H,3-4,6-9H2,(H,19,20)/t10-,15-/m1/s1. The minimum atomic E-state index is -3.93. The Bertz CT molecular complexity index is 763. The molecule has 2 aliphatic rings. The molecule has 9 heteroatoms. The molecule has 2 saturated heterocycles. The van der Waals surface area contributed by atoms with E-state index < -0.39 is 32.7 Å². The van der Waals surface area contributed by atoms with E-state index in [-0.39, 0.29) is 30.5 Å². The molecule has 8 nitrogen and oxygen atoms in total. The molecule has 2 aliphatic heterocycles. The van der Waals surface area contributed by atoms with E-state index in [4.69, 9.17) is 9.84 Å². The lowest BCUT2D eigenvalue weighted by Crippen LogP contribution is -2.41. The molecule has 1 aromatic rings. The predicted molar refractivity (Wildman–Crippen MR) is 82.3 cm³/mol. The van der Waals surface area contributed by atoms with E-state index in [9.17, 15) is 23.4 Å². The molecule has 0 bridgehead atoms. The fourth-order valence-corrected chi connectivity index (χ4v) is 5.04. The third kappa shape index (κ3) is 2.67. The van der Waals surface area contributed by atoms with Crippen LogP contribution in [0, 0.1) is 11.3 Å². The summed E-state index contributed by atoms with van der Waals surface area (Å²) in [7, 11) is -3.93. The van der Waals surface area contributed by atoms with Crippen LogP contribution in [0.3, 0.4) is 0 Å². The van der Waals surface area contributed by atoms with Crippen LogP contribution in [-0.2, 0) is 14.8 Å². The smallest absolute Gasteiger partial charge is 0.339 e. The number of rotatable bonds is 4. The molecule has 0 spiro atoms. The number of fused-ring (bicyclic) bond motifs is 1. The van der Waals surface area contributed by atoms with Crippen molar-refractivity contribution in [1.29, 1.82) is 0 Å². The maximum atomic E-state index is 12.9. The van der Waals surface area contributed by atoms with Crippen molar-refractivity contribution < 1.29 is 33.3 Å². The average Bonchev–Trinajstić information content (AvgIpc) is 2.95. The van der Waals surface area contributed by atoms with Crippen LogP contribution in [0.15, 0.2) is 23.1 Å². The van der Waals surface area contributed by atoms with Crippen LogP contribution in [0.25, 0.3) is 0 Å². The molecule has 0 saturated carbocycles. The van der Waals surface area contributed by atoms with Crippen molar-refractivity contribution >= 4 is 16.0 Å². The first-order valence-electron chi connectivity index (χ1n) is 7.55. The summed E-state index contributed by atoms with van der Waals surface area (Å²) < 4.78 is 32.4. The Labute approximate surface area is 139 Å². The van der Waals surface area contributed by atoms with Crippen molar-refractivity contribution in [2.24, 2.45) is 11.3 Å². The maximum Gasteiger partial charge on any atom is 0.339 e. The Morgan fingerprint density at radius 3 is 2.79 bits per heavy atom. The zero-order valence-corrected chi connectivity index (χ0v) is 13.7. The molecule has 0 aliphatic carbocycles. The third-order valence-corrected chi connectivity index (χ3v) is 6.80. The molecule has 2 heterocycles. The average molecular weight is 357 g/mol. The summed E-state index contributed by atoms with van der Waals surface area (Å²) in [5.41, 5.74) is -0.981.